The van der Waals surface area contributed by atoms with E-state index in [1.807, 2.05) is 0 Å². The van der Waals surface area contributed by atoms with E-state index in [9.17, 15) is 5.11 Å². The van der Waals surface area contributed by atoms with E-state index in [0.717, 1.165) is 43.0 Å². The number of hydrogen-bond acceptors (Lipinski definition) is 3. The molecule has 3 nitrogen and oxygen atoms in total. The number of piperidine rings is 1. The highest BCUT2D eigenvalue weighted by Gasteiger charge is 2.84. The third-order valence-electron chi connectivity index (χ3n) is 13.3. The number of aliphatic hydroxyl groups excluding tert-OH is 1. The normalized spacial score (nSPS) is 60.1. The minimum absolute atomic E-state index is 0.0564. The average molecular weight is 488 g/mol. The minimum atomic E-state index is -0.110. The van der Waals surface area contributed by atoms with Gasteiger partial charge in [-0.3, -0.25) is 4.90 Å². The van der Waals surface area contributed by atoms with E-state index in [2.05, 4.69) is 38.7 Å². The second-order valence-electron chi connectivity index (χ2n) is 14.4. The molecule has 4 heteroatoms. The zero-order valence-electron chi connectivity index (χ0n) is 21.9. The summed E-state index contributed by atoms with van der Waals surface area (Å²) >= 11 is 6.28. The summed E-state index contributed by atoms with van der Waals surface area (Å²) in [5.74, 6) is 4.57. The first-order chi connectivity index (χ1) is 16.2. The van der Waals surface area contributed by atoms with Crippen molar-refractivity contribution in [2.75, 3.05) is 19.0 Å². The van der Waals surface area contributed by atoms with Crippen LogP contribution in [0.3, 0.4) is 0 Å². The molecule has 12 atom stereocenters. The van der Waals surface area contributed by atoms with E-state index in [1.54, 1.807) is 5.57 Å². The van der Waals surface area contributed by atoms with Crippen LogP contribution < -0.4 is 0 Å². The summed E-state index contributed by atoms with van der Waals surface area (Å²) in [5.41, 5.74) is 2.81. The Bertz CT molecular complexity index is 906. The molecule has 2 saturated heterocycles. The van der Waals surface area contributed by atoms with Gasteiger partial charge >= 0.3 is 0 Å². The number of halogens is 1. The Balaban J connectivity index is 1.21. The molecule has 0 radical (unpaired) electrons. The maximum atomic E-state index is 10.4. The predicted octanol–water partition coefficient (Wildman–Crippen LogP) is 6.03. The van der Waals surface area contributed by atoms with Gasteiger partial charge in [-0.1, -0.05) is 39.3 Å². The number of alkyl halides is 1. The SMILES string of the molecule is C[C@H]1C[C@H]2O[C@]3(CC[C@H]4C5CC=C6C[C@@H](O)CC[C@]6(C)[C@H]5CC45C[C@]53C)[C@H](C)[C@@H]2N(CCCl)C1. The lowest BCUT2D eigenvalue weighted by Crippen LogP contribution is -2.54. The largest absolute Gasteiger partial charge is 0.393 e. The molecule has 7 rings (SSSR count). The smallest absolute Gasteiger partial charge is 0.0787 e. The Hall–Kier alpha value is -0.0900. The molecular weight excluding hydrogens is 442 g/mol. The van der Waals surface area contributed by atoms with Gasteiger partial charge in [-0.05, 0) is 92.3 Å². The van der Waals surface area contributed by atoms with E-state index in [-0.39, 0.29) is 11.7 Å². The second-order valence-corrected chi connectivity index (χ2v) is 14.8. The highest BCUT2D eigenvalue weighted by atomic mass is 35.5. The second kappa shape index (κ2) is 7.27. The van der Waals surface area contributed by atoms with Gasteiger partial charge in [0, 0.05) is 36.3 Å². The number of nitrogens with zero attached hydrogens (tertiary/aromatic N) is 1. The maximum Gasteiger partial charge on any atom is 0.0787 e. The number of likely N-dealkylation sites (tertiary alicyclic amines) is 1. The molecule has 0 aromatic heterocycles. The number of ether oxygens (including phenoxy) is 1. The molecule has 7 aliphatic rings. The summed E-state index contributed by atoms with van der Waals surface area (Å²) in [5, 5.41) is 10.4. The van der Waals surface area contributed by atoms with Gasteiger partial charge in [0.1, 0.15) is 0 Å². The Morgan fingerprint density at radius 3 is 2.79 bits per heavy atom. The van der Waals surface area contributed by atoms with Crippen molar-refractivity contribution in [3.63, 3.8) is 0 Å². The quantitative estimate of drug-likeness (QED) is 0.381. The molecule has 5 aliphatic carbocycles. The number of rotatable bonds is 2. The number of allylic oxidation sites excluding steroid dienone is 1. The summed E-state index contributed by atoms with van der Waals surface area (Å²) in [7, 11) is 0. The molecule has 34 heavy (non-hydrogen) atoms. The Morgan fingerprint density at radius 2 is 2.00 bits per heavy atom. The third kappa shape index (κ3) is 2.62. The van der Waals surface area contributed by atoms with Crippen LogP contribution in [-0.4, -0.2) is 52.8 Å². The van der Waals surface area contributed by atoms with Crippen LogP contribution in [0.15, 0.2) is 11.6 Å². The van der Waals surface area contributed by atoms with Crippen molar-refractivity contribution < 1.29 is 9.84 Å². The van der Waals surface area contributed by atoms with E-state index in [1.165, 1.54) is 51.5 Å². The Morgan fingerprint density at radius 1 is 1.18 bits per heavy atom. The van der Waals surface area contributed by atoms with Gasteiger partial charge in [-0.2, -0.15) is 0 Å². The first-order valence-corrected chi connectivity index (χ1v) is 15.1. The zero-order valence-corrected chi connectivity index (χ0v) is 22.6. The van der Waals surface area contributed by atoms with Crippen LogP contribution in [0.25, 0.3) is 0 Å². The van der Waals surface area contributed by atoms with Crippen molar-refractivity contribution >= 4 is 11.6 Å². The van der Waals surface area contributed by atoms with Crippen LogP contribution >= 0.6 is 11.6 Å². The molecule has 0 amide bonds. The Kier molecular flexibility index (Phi) is 4.93. The first-order valence-electron chi connectivity index (χ1n) is 14.5. The van der Waals surface area contributed by atoms with E-state index in [0.29, 0.717) is 40.2 Å². The van der Waals surface area contributed by atoms with Crippen molar-refractivity contribution in [3.05, 3.63) is 11.6 Å². The fourth-order valence-corrected chi connectivity index (χ4v) is 12.0. The number of fused-ring (bicyclic) bond motifs is 6. The molecule has 4 saturated carbocycles. The maximum absolute atomic E-state index is 10.4. The lowest BCUT2D eigenvalue weighted by molar-refractivity contribution is -0.148. The predicted molar refractivity (Wildman–Crippen MR) is 137 cm³/mol. The fourth-order valence-electron chi connectivity index (χ4n) is 11.8. The summed E-state index contributed by atoms with van der Waals surface area (Å²) in [6, 6.07) is 0.551. The molecule has 0 bridgehead atoms. The molecule has 0 aromatic rings. The molecule has 2 heterocycles. The topological polar surface area (TPSA) is 32.7 Å². The molecule has 2 spiro atoms. The first kappa shape index (κ1) is 23.1. The van der Waals surface area contributed by atoms with Crippen molar-refractivity contribution in [2.24, 2.45) is 45.8 Å². The molecule has 1 N–H and O–H groups in total. The molecule has 0 aromatic carbocycles. The van der Waals surface area contributed by atoms with Crippen LogP contribution in [0.2, 0.25) is 0 Å². The van der Waals surface area contributed by atoms with Gasteiger partial charge in [0.25, 0.3) is 0 Å². The third-order valence-corrected chi connectivity index (χ3v) is 13.5. The van der Waals surface area contributed by atoms with Gasteiger partial charge in [-0.25, -0.2) is 0 Å². The highest BCUT2D eigenvalue weighted by Crippen LogP contribution is 2.87. The van der Waals surface area contributed by atoms with Crippen LogP contribution in [0.4, 0.5) is 0 Å². The van der Waals surface area contributed by atoms with Crippen molar-refractivity contribution in [2.45, 2.75) is 109 Å². The zero-order chi connectivity index (χ0) is 23.7. The van der Waals surface area contributed by atoms with Gasteiger partial charge in [0.05, 0.1) is 17.8 Å². The van der Waals surface area contributed by atoms with E-state index < -0.39 is 0 Å². The molecule has 6 fully saturated rings. The van der Waals surface area contributed by atoms with Crippen molar-refractivity contribution in [1.29, 1.82) is 0 Å². The Labute approximate surface area is 212 Å². The lowest BCUT2D eigenvalue weighted by atomic mass is 9.56. The van der Waals surface area contributed by atoms with Crippen LogP contribution in [0, 0.1) is 45.8 Å². The van der Waals surface area contributed by atoms with Crippen LogP contribution in [0.1, 0.15) is 85.5 Å². The van der Waals surface area contributed by atoms with Gasteiger partial charge in [0.15, 0.2) is 0 Å². The summed E-state index contributed by atoms with van der Waals surface area (Å²) < 4.78 is 7.38. The summed E-state index contributed by atoms with van der Waals surface area (Å²) in [6.45, 7) is 12.4. The lowest BCUT2D eigenvalue weighted by Gasteiger charge is -2.50. The van der Waals surface area contributed by atoms with E-state index in [4.69, 9.17) is 16.3 Å². The van der Waals surface area contributed by atoms with Crippen LogP contribution in [-0.2, 0) is 4.74 Å². The molecule has 2 aliphatic heterocycles. The summed E-state index contributed by atoms with van der Waals surface area (Å²) in [4.78, 5) is 2.70. The van der Waals surface area contributed by atoms with Crippen molar-refractivity contribution in [1.82, 2.24) is 4.90 Å². The molecule has 2 unspecified atom stereocenters. The monoisotopic (exact) mass is 487 g/mol. The number of hydrogen-bond donors (Lipinski definition) is 1. The molecule has 190 valence electrons. The average Bonchev–Trinajstić information content (AvgIpc) is 3.13. The van der Waals surface area contributed by atoms with E-state index >= 15 is 0 Å². The standard InChI is InChI=1S/C30H46ClNO2/c1-18-13-25-26(32(16-18)12-11-31)19(2)30(34-25)10-8-23-22-6-5-20-14-21(33)7-9-27(20,3)24(22)15-29(23)17-28(29,30)4/h5,18-19,21-26,33H,6-17H2,1-4H3/t18-,19+,21-,22?,23-,24-,25+,26-,27-,28+,29?,30+/m0/s1. The van der Waals surface area contributed by atoms with Gasteiger partial charge < -0.3 is 9.84 Å². The van der Waals surface area contributed by atoms with Gasteiger partial charge in [-0.15, -0.1) is 11.6 Å². The molecular formula is C30H46ClNO2. The van der Waals surface area contributed by atoms with Crippen molar-refractivity contribution in [3.8, 4) is 0 Å². The minimum Gasteiger partial charge on any atom is -0.393 e. The summed E-state index contributed by atoms with van der Waals surface area (Å²) in [6.07, 6.45) is 13.9. The fraction of sp³-hybridized carbons (Fsp3) is 0.933. The van der Waals surface area contributed by atoms with Gasteiger partial charge in [0.2, 0.25) is 0 Å². The highest BCUT2D eigenvalue weighted by molar-refractivity contribution is 6.18. The number of aliphatic hydroxyl groups is 1. The van der Waals surface area contributed by atoms with Crippen LogP contribution in [0.5, 0.6) is 0 Å².